The van der Waals surface area contributed by atoms with E-state index in [1.165, 1.54) is 5.56 Å². The number of nitrogens with zero attached hydrogens (tertiary/aromatic N) is 3. The first-order chi connectivity index (χ1) is 8.70. The van der Waals surface area contributed by atoms with E-state index < -0.39 is 0 Å². The van der Waals surface area contributed by atoms with Crippen LogP contribution in [0.3, 0.4) is 0 Å². The summed E-state index contributed by atoms with van der Waals surface area (Å²) in [5.41, 5.74) is 3.32. The van der Waals surface area contributed by atoms with Crippen molar-refractivity contribution in [2.24, 2.45) is 0 Å². The molecule has 0 bridgehead atoms. The van der Waals surface area contributed by atoms with Crippen LogP contribution in [0.25, 0.3) is 0 Å². The maximum atomic E-state index is 4.50. The lowest BCUT2D eigenvalue weighted by atomic mass is 10.2. The number of aromatic nitrogens is 3. The molecule has 96 valence electrons. The molecule has 0 spiro atoms. The van der Waals surface area contributed by atoms with Gasteiger partial charge in [-0.2, -0.15) is 0 Å². The molecule has 18 heavy (non-hydrogen) atoms. The Morgan fingerprint density at radius 1 is 1.33 bits per heavy atom. The lowest BCUT2D eigenvalue weighted by molar-refractivity contribution is 0.681. The fourth-order valence-corrected chi connectivity index (χ4v) is 1.97. The SMILES string of the molecule is CCCn1cc(C)nc1NCc1ncccc1C. The summed E-state index contributed by atoms with van der Waals surface area (Å²) in [4.78, 5) is 8.87. The molecule has 2 aromatic rings. The van der Waals surface area contributed by atoms with Crippen molar-refractivity contribution in [3.8, 4) is 0 Å². The quantitative estimate of drug-likeness (QED) is 0.879. The predicted octanol–water partition coefficient (Wildman–Crippen LogP) is 2.92. The average molecular weight is 244 g/mol. The first-order valence-corrected chi connectivity index (χ1v) is 6.39. The van der Waals surface area contributed by atoms with E-state index in [4.69, 9.17) is 0 Å². The molecule has 4 heteroatoms. The van der Waals surface area contributed by atoms with Crippen LogP contribution in [0.2, 0.25) is 0 Å². The van der Waals surface area contributed by atoms with Crippen LogP contribution in [0.5, 0.6) is 0 Å². The summed E-state index contributed by atoms with van der Waals surface area (Å²) in [7, 11) is 0. The van der Waals surface area contributed by atoms with E-state index in [0.717, 1.165) is 30.3 Å². The van der Waals surface area contributed by atoms with Gasteiger partial charge in [-0.3, -0.25) is 4.98 Å². The summed E-state index contributed by atoms with van der Waals surface area (Å²) in [5, 5.41) is 3.37. The molecule has 0 saturated heterocycles. The van der Waals surface area contributed by atoms with Crippen LogP contribution in [-0.2, 0) is 13.1 Å². The third-order valence-corrected chi connectivity index (χ3v) is 2.89. The van der Waals surface area contributed by atoms with Gasteiger partial charge in [0.2, 0.25) is 5.95 Å². The molecule has 0 aliphatic heterocycles. The van der Waals surface area contributed by atoms with Crippen molar-refractivity contribution in [2.75, 3.05) is 5.32 Å². The van der Waals surface area contributed by atoms with E-state index in [9.17, 15) is 0 Å². The topological polar surface area (TPSA) is 42.7 Å². The summed E-state index contributed by atoms with van der Waals surface area (Å²) >= 11 is 0. The van der Waals surface area contributed by atoms with Gasteiger partial charge in [-0.15, -0.1) is 0 Å². The zero-order valence-electron chi connectivity index (χ0n) is 11.3. The summed E-state index contributed by atoms with van der Waals surface area (Å²) < 4.78 is 2.16. The van der Waals surface area contributed by atoms with Gasteiger partial charge in [0.05, 0.1) is 17.9 Å². The highest BCUT2D eigenvalue weighted by molar-refractivity contribution is 5.31. The number of hydrogen-bond acceptors (Lipinski definition) is 3. The van der Waals surface area contributed by atoms with Crippen LogP contribution in [0.15, 0.2) is 24.5 Å². The van der Waals surface area contributed by atoms with Gasteiger partial charge >= 0.3 is 0 Å². The van der Waals surface area contributed by atoms with Gasteiger partial charge in [0.1, 0.15) is 0 Å². The smallest absolute Gasteiger partial charge is 0.203 e. The van der Waals surface area contributed by atoms with Crippen LogP contribution in [0, 0.1) is 13.8 Å². The van der Waals surface area contributed by atoms with E-state index in [2.05, 4.69) is 46.0 Å². The van der Waals surface area contributed by atoms with E-state index in [0.29, 0.717) is 6.54 Å². The van der Waals surface area contributed by atoms with Crippen molar-refractivity contribution in [1.82, 2.24) is 14.5 Å². The second-order valence-corrected chi connectivity index (χ2v) is 4.52. The second-order valence-electron chi connectivity index (χ2n) is 4.52. The average Bonchev–Trinajstić information content (AvgIpc) is 2.69. The van der Waals surface area contributed by atoms with Gasteiger partial charge in [-0.25, -0.2) is 4.98 Å². The molecule has 0 aromatic carbocycles. The molecule has 0 radical (unpaired) electrons. The molecule has 2 aromatic heterocycles. The molecule has 0 saturated carbocycles. The zero-order valence-corrected chi connectivity index (χ0v) is 11.3. The van der Waals surface area contributed by atoms with Crippen LogP contribution in [0.1, 0.15) is 30.3 Å². The van der Waals surface area contributed by atoms with Gasteiger partial charge in [0, 0.05) is 18.9 Å². The highest BCUT2D eigenvalue weighted by Gasteiger charge is 2.05. The number of pyridine rings is 1. The maximum Gasteiger partial charge on any atom is 0.203 e. The lowest BCUT2D eigenvalue weighted by Gasteiger charge is -2.09. The molecule has 0 atom stereocenters. The normalized spacial score (nSPS) is 10.6. The molecule has 2 heterocycles. The molecule has 1 N–H and O–H groups in total. The molecule has 4 nitrogen and oxygen atoms in total. The predicted molar refractivity (Wildman–Crippen MR) is 73.6 cm³/mol. The number of nitrogens with one attached hydrogen (secondary N) is 1. The lowest BCUT2D eigenvalue weighted by Crippen LogP contribution is -2.09. The molecule has 0 amide bonds. The van der Waals surface area contributed by atoms with Crippen molar-refractivity contribution in [3.63, 3.8) is 0 Å². The second kappa shape index (κ2) is 5.67. The van der Waals surface area contributed by atoms with Gasteiger partial charge in [-0.05, 0) is 31.9 Å². The van der Waals surface area contributed by atoms with Crippen LogP contribution >= 0.6 is 0 Å². The van der Waals surface area contributed by atoms with Gasteiger partial charge in [0.25, 0.3) is 0 Å². The third kappa shape index (κ3) is 2.88. The first kappa shape index (κ1) is 12.6. The minimum Gasteiger partial charge on any atom is -0.350 e. The zero-order chi connectivity index (χ0) is 13.0. The van der Waals surface area contributed by atoms with Crippen molar-refractivity contribution in [1.29, 1.82) is 0 Å². The summed E-state index contributed by atoms with van der Waals surface area (Å²) in [6.45, 7) is 7.97. The number of rotatable bonds is 5. The Labute approximate surface area is 108 Å². The van der Waals surface area contributed by atoms with Gasteiger partial charge in [0.15, 0.2) is 0 Å². The monoisotopic (exact) mass is 244 g/mol. The Morgan fingerprint density at radius 3 is 2.89 bits per heavy atom. The minimum atomic E-state index is 0.715. The Balaban J connectivity index is 2.08. The minimum absolute atomic E-state index is 0.715. The van der Waals surface area contributed by atoms with E-state index in [1.54, 1.807) is 0 Å². The Morgan fingerprint density at radius 2 is 2.17 bits per heavy atom. The van der Waals surface area contributed by atoms with E-state index >= 15 is 0 Å². The molecular formula is C14H20N4. The number of hydrogen-bond donors (Lipinski definition) is 1. The summed E-state index contributed by atoms with van der Waals surface area (Å²) in [5.74, 6) is 0.930. The fourth-order valence-electron chi connectivity index (χ4n) is 1.97. The van der Waals surface area contributed by atoms with Gasteiger partial charge < -0.3 is 9.88 Å². The Bertz CT molecular complexity index is 516. The Kier molecular flexibility index (Phi) is 3.97. The molecule has 0 fully saturated rings. The molecule has 2 rings (SSSR count). The largest absolute Gasteiger partial charge is 0.350 e. The fraction of sp³-hybridized carbons (Fsp3) is 0.429. The Hall–Kier alpha value is -1.84. The first-order valence-electron chi connectivity index (χ1n) is 6.39. The standard InChI is InChI=1S/C14H20N4/c1-4-8-18-10-12(3)17-14(18)16-9-13-11(2)6-5-7-15-13/h5-7,10H,4,8-9H2,1-3H3,(H,16,17). The third-order valence-electron chi connectivity index (χ3n) is 2.89. The highest BCUT2D eigenvalue weighted by atomic mass is 15.2. The van der Waals surface area contributed by atoms with Crippen molar-refractivity contribution in [2.45, 2.75) is 40.3 Å². The maximum absolute atomic E-state index is 4.50. The van der Waals surface area contributed by atoms with Crippen LogP contribution in [-0.4, -0.2) is 14.5 Å². The number of anilines is 1. The van der Waals surface area contributed by atoms with Gasteiger partial charge in [-0.1, -0.05) is 13.0 Å². The summed E-state index contributed by atoms with van der Waals surface area (Å²) in [6.07, 6.45) is 5.01. The number of imidazole rings is 1. The van der Waals surface area contributed by atoms with E-state index in [1.807, 2.05) is 19.2 Å². The van der Waals surface area contributed by atoms with E-state index in [-0.39, 0.29) is 0 Å². The molecule has 0 unspecified atom stereocenters. The van der Waals surface area contributed by atoms with Crippen molar-refractivity contribution in [3.05, 3.63) is 41.5 Å². The summed E-state index contributed by atoms with van der Waals surface area (Å²) in [6, 6.07) is 4.04. The molecule has 0 aliphatic rings. The van der Waals surface area contributed by atoms with Crippen LogP contribution in [0.4, 0.5) is 5.95 Å². The van der Waals surface area contributed by atoms with Crippen LogP contribution < -0.4 is 5.32 Å². The van der Waals surface area contributed by atoms with Crippen molar-refractivity contribution >= 4 is 5.95 Å². The molecule has 0 aliphatic carbocycles. The van der Waals surface area contributed by atoms with Crippen molar-refractivity contribution < 1.29 is 0 Å². The molecular weight excluding hydrogens is 224 g/mol. The highest BCUT2D eigenvalue weighted by Crippen LogP contribution is 2.11. The number of aryl methyl sites for hydroxylation is 3.